The zero-order chi connectivity index (χ0) is 10.7. The number of hydrogen-bond acceptors (Lipinski definition) is 5. The second-order valence-corrected chi connectivity index (χ2v) is 3.19. The lowest BCUT2D eigenvalue weighted by atomic mass is 10.2. The zero-order valence-electron chi connectivity index (χ0n) is 8.42. The summed E-state index contributed by atoms with van der Waals surface area (Å²) in [4.78, 5) is 8.31. The molecule has 0 saturated heterocycles. The molecule has 0 aliphatic carbocycles. The lowest BCUT2D eigenvalue weighted by molar-refractivity contribution is 0.352. The molecule has 5 nitrogen and oxygen atoms in total. The summed E-state index contributed by atoms with van der Waals surface area (Å²) in [6.45, 7) is 1.97. The van der Waals surface area contributed by atoms with Crippen molar-refractivity contribution < 1.29 is 4.52 Å². The normalized spacial score (nSPS) is 12.7. The molecule has 0 unspecified atom stereocenters. The van der Waals surface area contributed by atoms with Gasteiger partial charge in [-0.1, -0.05) is 18.1 Å². The van der Waals surface area contributed by atoms with Gasteiger partial charge in [-0.2, -0.15) is 4.98 Å². The fourth-order valence-corrected chi connectivity index (χ4v) is 1.16. The van der Waals surface area contributed by atoms with Gasteiger partial charge in [0.05, 0.1) is 6.04 Å². The summed E-state index contributed by atoms with van der Waals surface area (Å²) in [6, 6.07) is 5.34. The molecule has 2 N–H and O–H groups in total. The van der Waals surface area contributed by atoms with Gasteiger partial charge in [-0.05, 0) is 18.6 Å². The third-order valence-corrected chi connectivity index (χ3v) is 2.09. The fourth-order valence-electron chi connectivity index (χ4n) is 1.16. The summed E-state index contributed by atoms with van der Waals surface area (Å²) in [7, 11) is 0. The highest BCUT2D eigenvalue weighted by Crippen LogP contribution is 2.16. The van der Waals surface area contributed by atoms with Gasteiger partial charge < -0.3 is 10.3 Å². The van der Waals surface area contributed by atoms with Gasteiger partial charge >= 0.3 is 0 Å². The second kappa shape index (κ2) is 4.18. The van der Waals surface area contributed by atoms with Crippen LogP contribution in [0.1, 0.15) is 25.3 Å². The van der Waals surface area contributed by atoms with Gasteiger partial charge in [0, 0.05) is 6.20 Å². The molecule has 2 rings (SSSR count). The molecule has 1 atom stereocenters. The zero-order valence-corrected chi connectivity index (χ0v) is 8.42. The molecule has 78 valence electrons. The van der Waals surface area contributed by atoms with Crippen molar-refractivity contribution in [1.29, 1.82) is 0 Å². The van der Waals surface area contributed by atoms with Gasteiger partial charge in [0.2, 0.25) is 11.7 Å². The molecule has 0 aliphatic heterocycles. The molecule has 0 aliphatic rings. The van der Waals surface area contributed by atoms with Crippen LogP contribution < -0.4 is 5.73 Å². The second-order valence-electron chi connectivity index (χ2n) is 3.19. The van der Waals surface area contributed by atoms with Crippen LogP contribution in [0.3, 0.4) is 0 Å². The van der Waals surface area contributed by atoms with E-state index in [0.717, 1.165) is 6.42 Å². The molecule has 5 heteroatoms. The number of rotatable bonds is 3. The molecule has 0 aromatic carbocycles. The van der Waals surface area contributed by atoms with Crippen molar-refractivity contribution in [2.75, 3.05) is 0 Å². The van der Waals surface area contributed by atoms with E-state index < -0.39 is 0 Å². The van der Waals surface area contributed by atoms with Crippen molar-refractivity contribution in [3.8, 4) is 11.5 Å². The maximum absolute atomic E-state index is 5.77. The van der Waals surface area contributed by atoms with Crippen LogP contribution in [0.15, 0.2) is 28.9 Å². The van der Waals surface area contributed by atoms with Gasteiger partial charge in [0.25, 0.3) is 0 Å². The summed E-state index contributed by atoms with van der Waals surface area (Å²) in [6.07, 6.45) is 2.45. The molecule has 0 fully saturated rings. The number of pyridine rings is 1. The van der Waals surface area contributed by atoms with Crippen molar-refractivity contribution in [3.05, 3.63) is 30.3 Å². The first-order valence-corrected chi connectivity index (χ1v) is 4.82. The Labute approximate surface area is 87.3 Å². The molecule has 2 aromatic heterocycles. The van der Waals surface area contributed by atoms with E-state index in [1.807, 2.05) is 25.1 Å². The van der Waals surface area contributed by atoms with Crippen molar-refractivity contribution in [2.24, 2.45) is 5.73 Å². The minimum atomic E-state index is -0.199. The van der Waals surface area contributed by atoms with Crippen LogP contribution in [0, 0.1) is 0 Å². The topological polar surface area (TPSA) is 77.8 Å². The minimum Gasteiger partial charge on any atom is -0.337 e. The maximum atomic E-state index is 5.77. The Morgan fingerprint density at radius 1 is 1.47 bits per heavy atom. The van der Waals surface area contributed by atoms with Crippen LogP contribution in [0.4, 0.5) is 0 Å². The van der Waals surface area contributed by atoms with E-state index in [9.17, 15) is 0 Å². The summed E-state index contributed by atoms with van der Waals surface area (Å²) < 4.78 is 5.05. The molecule has 0 saturated carbocycles. The Morgan fingerprint density at radius 2 is 2.33 bits per heavy atom. The monoisotopic (exact) mass is 204 g/mol. The third kappa shape index (κ3) is 2.02. The van der Waals surface area contributed by atoms with E-state index in [-0.39, 0.29) is 6.04 Å². The highest BCUT2D eigenvalue weighted by atomic mass is 16.5. The van der Waals surface area contributed by atoms with Gasteiger partial charge in [0.15, 0.2) is 0 Å². The Hall–Kier alpha value is -1.75. The van der Waals surface area contributed by atoms with Crippen LogP contribution >= 0.6 is 0 Å². The summed E-state index contributed by atoms with van der Waals surface area (Å²) in [5.41, 5.74) is 6.46. The van der Waals surface area contributed by atoms with Crippen LogP contribution in [-0.2, 0) is 0 Å². The Kier molecular flexibility index (Phi) is 2.73. The number of nitrogens with two attached hydrogens (primary N) is 1. The number of hydrogen-bond donors (Lipinski definition) is 1. The van der Waals surface area contributed by atoms with Crippen molar-refractivity contribution in [3.63, 3.8) is 0 Å². The van der Waals surface area contributed by atoms with Gasteiger partial charge in [0.1, 0.15) is 5.69 Å². The Bertz CT molecular complexity index is 426. The fraction of sp³-hybridized carbons (Fsp3) is 0.300. The average molecular weight is 204 g/mol. The SMILES string of the molecule is CC[C@@H](N)c1nc(-c2ccccn2)no1. The summed E-state index contributed by atoms with van der Waals surface area (Å²) in [5.74, 6) is 0.938. The highest BCUT2D eigenvalue weighted by molar-refractivity contribution is 5.47. The third-order valence-electron chi connectivity index (χ3n) is 2.09. The molecule has 0 radical (unpaired) electrons. The molecule has 0 amide bonds. The predicted octanol–water partition coefficient (Wildman–Crippen LogP) is 1.54. The maximum Gasteiger partial charge on any atom is 0.243 e. The van der Waals surface area contributed by atoms with E-state index in [1.165, 1.54) is 0 Å². The van der Waals surface area contributed by atoms with Crippen molar-refractivity contribution >= 4 is 0 Å². The molecular formula is C10H12N4O. The Morgan fingerprint density at radius 3 is 3.00 bits per heavy atom. The lowest BCUT2D eigenvalue weighted by Gasteiger charge is -1.98. The summed E-state index contributed by atoms with van der Waals surface area (Å²) in [5, 5.41) is 3.83. The summed E-state index contributed by atoms with van der Waals surface area (Å²) >= 11 is 0. The molecular weight excluding hydrogens is 192 g/mol. The van der Waals surface area contributed by atoms with Gasteiger partial charge in [-0.3, -0.25) is 4.98 Å². The first-order chi connectivity index (χ1) is 7.31. The molecule has 0 spiro atoms. The van der Waals surface area contributed by atoms with Crippen LogP contribution in [0.25, 0.3) is 11.5 Å². The first-order valence-electron chi connectivity index (χ1n) is 4.82. The van der Waals surface area contributed by atoms with E-state index in [0.29, 0.717) is 17.4 Å². The van der Waals surface area contributed by atoms with Crippen molar-refractivity contribution in [1.82, 2.24) is 15.1 Å². The minimum absolute atomic E-state index is 0.199. The first kappa shape index (κ1) is 9.79. The molecule has 15 heavy (non-hydrogen) atoms. The van der Waals surface area contributed by atoms with Crippen LogP contribution in [0.5, 0.6) is 0 Å². The number of nitrogens with zero attached hydrogens (tertiary/aromatic N) is 3. The average Bonchev–Trinajstić information content (AvgIpc) is 2.78. The van der Waals surface area contributed by atoms with Gasteiger partial charge in [-0.15, -0.1) is 0 Å². The van der Waals surface area contributed by atoms with Gasteiger partial charge in [-0.25, -0.2) is 0 Å². The standard InChI is InChI=1S/C10H12N4O/c1-2-7(11)10-13-9(14-15-10)8-5-3-4-6-12-8/h3-7H,2,11H2,1H3/t7-/m1/s1. The Balaban J connectivity index is 2.28. The smallest absolute Gasteiger partial charge is 0.243 e. The highest BCUT2D eigenvalue weighted by Gasteiger charge is 2.13. The molecule has 2 aromatic rings. The number of aromatic nitrogens is 3. The van der Waals surface area contributed by atoms with E-state index in [1.54, 1.807) is 6.20 Å². The quantitative estimate of drug-likeness (QED) is 0.820. The van der Waals surface area contributed by atoms with E-state index in [4.69, 9.17) is 10.3 Å². The van der Waals surface area contributed by atoms with Crippen LogP contribution in [0.2, 0.25) is 0 Å². The molecule has 0 bridgehead atoms. The van der Waals surface area contributed by atoms with E-state index >= 15 is 0 Å². The van der Waals surface area contributed by atoms with Crippen LogP contribution in [-0.4, -0.2) is 15.1 Å². The van der Waals surface area contributed by atoms with E-state index in [2.05, 4.69) is 15.1 Å². The largest absolute Gasteiger partial charge is 0.337 e. The van der Waals surface area contributed by atoms with Crippen molar-refractivity contribution in [2.45, 2.75) is 19.4 Å². The predicted molar refractivity (Wildman–Crippen MR) is 54.7 cm³/mol. The lowest BCUT2D eigenvalue weighted by Crippen LogP contribution is -2.08. The molecule has 2 heterocycles.